The molecule has 5 heteroatoms. The van der Waals surface area contributed by atoms with Crippen molar-refractivity contribution in [3.63, 3.8) is 0 Å². The zero-order valence-corrected chi connectivity index (χ0v) is 17.4. The van der Waals surface area contributed by atoms with Crippen LogP contribution in [-0.4, -0.2) is 27.5 Å². The van der Waals surface area contributed by atoms with E-state index < -0.39 is 5.60 Å². The molecule has 0 bridgehead atoms. The summed E-state index contributed by atoms with van der Waals surface area (Å²) in [5.74, 6) is 1.38. The second-order valence-electron chi connectivity index (χ2n) is 7.34. The van der Waals surface area contributed by atoms with E-state index in [1.54, 1.807) is 30.4 Å². The lowest BCUT2D eigenvalue weighted by Crippen LogP contribution is -2.27. The van der Waals surface area contributed by atoms with Crippen LogP contribution in [0.3, 0.4) is 0 Å². The summed E-state index contributed by atoms with van der Waals surface area (Å²) >= 11 is 0. The van der Waals surface area contributed by atoms with Crippen LogP contribution in [0.25, 0.3) is 0 Å². The molecule has 0 aromatic heterocycles. The van der Waals surface area contributed by atoms with E-state index in [2.05, 4.69) is 13.2 Å². The lowest BCUT2D eigenvalue weighted by Gasteiger charge is -2.25. The van der Waals surface area contributed by atoms with Crippen LogP contribution in [0, 0.1) is 0 Å². The molecule has 0 aliphatic rings. The highest BCUT2D eigenvalue weighted by Crippen LogP contribution is 2.24. The normalized spacial score (nSPS) is 11.2. The van der Waals surface area contributed by atoms with Gasteiger partial charge in [0.2, 0.25) is 0 Å². The van der Waals surface area contributed by atoms with Crippen LogP contribution in [0.15, 0.2) is 67.8 Å². The highest BCUT2D eigenvalue weighted by atomic mass is 16.5. The first-order valence-corrected chi connectivity index (χ1v) is 10.2. The molecule has 0 atom stereocenters. The Labute approximate surface area is 178 Å². The number of ether oxygens (including phenoxy) is 2. The molecule has 0 heterocycles. The molecule has 0 aliphatic heterocycles. The van der Waals surface area contributed by atoms with Gasteiger partial charge in [-0.15, -0.1) is 13.2 Å². The molecule has 2 aromatic carbocycles. The Morgan fingerprint density at radius 3 is 2.23 bits per heavy atom. The van der Waals surface area contributed by atoms with Crippen LogP contribution in [-0.2, 0) is 19.8 Å². The summed E-state index contributed by atoms with van der Waals surface area (Å²) in [5, 5.41) is 29.2. The van der Waals surface area contributed by atoms with E-state index in [0.29, 0.717) is 49.4 Å². The second kappa shape index (κ2) is 12.2. The van der Waals surface area contributed by atoms with Gasteiger partial charge in [-0.05, 0) is 66.6 Å². The molecule has 2 aromatic rings. The predicted molar refractivity (Wildman–Crippen MR) is 118 cm³/mol. The Bertz CT molecular complexity index is 805. The van der Waals surface area contributed by atoms with Crippen LogP contribution in [0.2, 0.25) is 0 Å². The number of hydrogen-bond donors (Lipinski definition) is 3. The Morgan fingerprint density at radius 1 is 0.867 bits per heavy atom. The molecule has 30 heavy (non-hydrogen) atoms. The Kier molecular flexibility index (Phi) is 9.61. The van der Waals surface area contributed by atoms with Gasteiger partial charge in [-0.1, -0.05) is 30.4 Å². The largest absolute Gasteiger partial charge is 0.494 e. The van der Waals surface area contributed by atoms with Gasteiger partial charge in [0.15, 0.2) is 0 Å². The summed E-state index contributed by atoms with van der Waals surface area (Å²) in [6.07, 6.45) is 5.86. The van der Waals surface area contributed by atoms with Crippen molar-refractivity contribution in [3.8, 4) is 11.5 Å². The van der Waals surface area contributed by atoms with E-state index in [4.69, 9.17) is 9.47 Å². The van der Waals surface area contributed by atoms with Crippen molar-refractivity contribution in [2.45, 2.75) is 51.1 Å². The van der Waals surface area contributed by atoms with Gasteiger partial charge in [-0.25, -0.2) is 0 Å². The molecule has 3 N–H and O–H groups in total. The van der Waals surface area contributed by atoms with Crippen molar-refractivity contribution in [2.24, 2.45) is 0 Å². The van der Waals surface area contributed by atoms with Gasteiger partial charge >= 0.3 is 0 Å². The molecule has 0 saturated carbocycles. The summed E-state index contributed by atoms with van der Waals surface area (Å²) in [5.41, 5.74) is 1.49. The summed E-state index contributed by atoms with van der Waals surface area (Å²) in [6.45, 7) is 8.02. The summed E-state index contributed by atoms with van der Waals surface area (Å²) < 4.78 is 11.7. The molecular formula is C25H32O5. The smallest absolute Gasteiger partial charge is 0.120 e. The highest BCUT2D eigenvalue weighted by molar-refractivity contribution is 5.35. The minimum Gasteiger partial charge on any atom is -0.494 e. The van der Waals surface area contributed by atoms with E-state index in [1.165, 1.54) is 0 Å². The zero-order valence-electron chi connectivity index (χ0n) is 17.4. The lowest BCUT2D eigenvalue weighted by molar-refractivity contribution is 0.0318. The molecule has 2 rings (SSSR count). The van der Waals surface area contributed by atoms with Gasteiger partial charge in [0.1, 0.15) is 18.1 Å². The average molecular weight is 413 g/mol. The lowest BCUT2D eigenvalue weighted by atomic mass is 9.90. The van der Waals surface area contributed by atoms with Gasteiger partial charge < -0.3 is 24.8 Å². The quantitative estimate of drug-likeness (QED) is 0.319. The van der Waals surface area contributed by atoms with Gasteiger partial charge in [0.25, 0.3) is 0 Å². The maximum atomic E-state index is 10.6. The second-order valence-corrected chi connectivity index (χ2v) is 7.34. The molecule has 0 amide bonds. The zero-order chi connectivity index (χ0) is 21.8. The van der Waals surface area contributed by atoms with Gasteiger partial charge in [0.05, 0.1) is 25.4 Å². The number of aliphatic hydroxyl groups excluding tert-OH is 2. The third-order valence-electron chi connectivity index (χ3n) is 4.93. The van der Waals surface area contributed by atoms with Crippen molar-refractivity contribution in [3.05, 3.63) is 84.5 Å². The first-order valence-electron chi connectivity index (χ1n) is 10.2. The van der Waals surface area contributed by atoms with E-state index >= 15 is 0 Å². The van der Waals surface area contributed by atoms with Crippen LogP contribution in [0.4, 0.5) is 0 Å². The Balaban J connectivity index is 1.86. The van der Waals surface area contributed by atoms with Crippen LogP contribution >= 0.6 is 0 Å². The maximum Gasteiger partial charge on any atom is 0.120 e. The SMILES string of the molecule is C=CCC(O)(CC=C)CCCOc1cccc(COc2ccc(CO)c(CO)c2)c1. The standard InChI is InChI=1S/C25H32O5/c1-3-11-25(28,12-4-2)13-6-14-29-23-8-5-7-20(15-23)19-30-24-10-9-21(17-26)22(16-24)18-27/h3-5,7-10,15-16,26-28H,1-2,6,11-14,17-19H2. The van der Waals surface area contributed by atoms with E-state index in [1.807, 2.05) is 24.3 Å². The molecule has 0 radical (unpaired) electrons. The summed E-state index contributed by atoms with van der Waals surface area (Å²) in [7, 11) is 0. The molecule has 5 nitrogen and oxygen atoms in total. The van der Waals surface area contributed by atoms with Crippen molar-refractivity contribution in [1.29, 1.82) is 0 Å². The molecule has 162 valence electrons. The van der Waals surface area contributed by atoms with Crippen LogP contribution in [0.1, 0.15) is 42.4 Å². The van der Waals surface area contributed by atoms with E-state index in [0.717, 1.165) is 17.7 Å². The van der Waals surface area contributed by atoms with E-state index in [-0.39, 0.29) is 13.2 Å². The minimum atomic E-state index is -0.804. The maximum absolute atomic E-state index is 10.6. The number of aliphatic hydroxyl groups is 3. The third-order valence-corrected chi connectivity index (χ3v) is 4.93. The molecule has 0 unspecified atom stereocenters. The topological polar surface area (TPSA) is 79.2 Å². The summed E-state index contributed by atoms with van der Waals surface area (Å²) in [4.78, 5) is 0. The molecule has 0 spiro atoms. The predicted octanol–water partition coefficient (Wildman–Crippen LogP) is 4.29. The van der Waals surface area contributed by atoms with Crippen molar-refractivity contribution in [2.75, 3.05) is 6.61 Å². The number of rotatable bonds is 14. The van der Waals surface area contributed by atoms with Crippen LogP contribution in [0.5, 0.6) is 11.5 Å². The fraction of sp³-hybridized carbons (Fsp3) is 0.360. The molecule has 0 fully saturated rings. The van der Waals surface area contributed by atoms with Gasteiger partial charge in [0, 0.05) is 0 Å². The van der Waals surface area contributed by atoms with Crippen molar-refractivity contribution < 1.29 is 24.8 Å². The Morgan fingerprint density at radius 2 is 1.57 bits per heavy atom. The molecule has 0 saturated heterocycles. The first-order chi connectivity index (χ1) is 14.5. The Hall–Kier alpha value is -2.60. The number of hydrogen-bond acceptors (Lipinski definition) is 5. The number of benzene rings is 2. The minimum absolute atomic E-state index is 0.117. The highest BCUT2D eigenvalue weighted by Gasteiger charge is 2.23. The average Bonchev–Trinajstić information content (AvgIpc) is 2.76. The monoisotopic (exact) mass is 412 g/mol. The molecule has 0 aliphatic carbocycles. The third kappa shape index (κ3) is 7.34. The van der Waals surface area contributed by atoms with Gasteiger partial charge in [-0.3, -0.25) is 0 Å². The first kappa shape index (κ1) is 23.7. The van der Waals surface area contributed by atoms with Crippen molar-refractivity contribution >= 4 is 0 Å². The van der Waals surface area contributed by atoms with Crippen LogP contribution < -0.4 is 9.47 Å². The fourth-order valence-corrected chi connectivity index (χ4v) is 3.30. The van der Waals surface area contributed by atoms with Gasteiger partial charge in [-0.2, -0.15) is 0 Å². The summed E-state index contributed by atoms with van der Waals surface area (Å²) in [6, 6.07) is 12.9. The fourth-order valence-electron chi connectivity index (χ4n) is 3.30. The van der Waals surface area contributed by atoms with Crippen molar-refractivity contribution in [1.82, 2.24) is 0 Å². The molecular weight excluding hydrogens is 380 g/mol. The van der Waals surface area contributed by atoms with E-state index in [9.17, 15) is 15.3 Å².